The number of aliphatic hydroxyl groups is 2. The number of aromatic amines is 1. The van der Waals surface area contributed by atoms with E-state index in [1.165, 1.54) is 12.3 Å². The predicted octanol–water partition coefficient (Wildman–Crippen LogP) is -0.215. The number of nitrogens with one attached hydrogen (secondary N) is 1. The molecule has 0 aliphatic carbocycles. The summed E-state index contributed by atoms with van der Waals surface area (Å²) in [5, 5.41) is 19.0. The molecule has 1 aromatic heterocycles. The Labute approximate surface area is 91.9 Å². The third-order valence-corrected chi connectivity index (χ3v) is 2.02. The minimum Gasteiger partial charge on any atom is -0.464 e. The van der Waals surface area contributed by atoms with Gasteiger partial charge >= 0.3 is 5.97 Å². The zero-order valence-electron chi connectivity index (χ0n) is 8.71. The Balaban J connectivity index is 2.72. The standard InChI is InChI=1S/C10H13NO5/c1-2-16-10(15)9(14)8(13)6-3-7(5-12)11-4-6/h3-5,8-9,11,13-14H,2H2,1H3. The van der Waals surface area contributed by atoms with Crippen molar-refractivity contribution in [1.82, 2.24) is 4.98 Å². The molecule has 0 saturated heterocycles. The van der Waals surface area contributed by atoms with E-state index < -0.39 is 18.2 Å². The van der Waals surface area contributed by atoms with Gasteiger partial charge in [-0.3, -0.25) is 4.79 Å². The summed E-state index contributed by atoms with van der Waals surface area (Å²) in [5.41, 5.74) is 0.507. The van der Waals surface area contributed by atoms with Crippen molar-refractivity contribution in [3.63, 3.8) is 0 Å². The van der Waals surface area contributed by atoms with Gasteiger partial charge in [0.2, 0.25) is 0 Å². The zero-order chi connectivity index (χ0) is 12.1. The topological polar surface area (TPSA) is 99.6 Å². The second-order valence-corrected chi connectivity index (χ2v) is 3.15. The molecule has 6 heteroatoms. The van der Waals surface area contributed by atoms with Gasteiger partial charge in [-0.15, -0.1) is 0 Å². The van der Waals surface area contributed by atoms with Gasteiger partial charge in [-0.05, 0) is 13.0 Å². The number of ether oxygens (including phenoxy) is 1. The van der Waals surface area contributed by atoms with Crippen molar-refractivity contribution in [2.75, 3.05) is 6.61 Å². The number of aromatic nitrogens is 1. The quantitative estimate of drug-likeness (QED) is 0.477. The van der Waals surface area contributed by atoms with Crippen LogP contribution >= 0.6 is 0 Å². The molecule has 0 amide bonds. The highest BCUT2D eigenvalue weighted by Gasteiger charge is 2.27. The van der Waals surface area contributed by atoms with Crippen molar-refractivity contribution in [2.45, 2.75) is 19.1 Å². The van der Waals surface area contributed by atoms with Crippen LogP contribution in [0.15, 0.2) is 12.3 Å². The van der Waals surface area contributed by atoms with Gasteiger partial charge < -0.3 is 19.9 Å². The number of rotatable bonds is 5. The SMILES string of the molecule is CCOC(=O)C(O)C(O)c1c[nH]c(C=O)c1. The van der Waals surface area contributed by atoms with Crippen molar-refractivity contribution in [3.05, 3.63) is 23.5 Å². The largest absolute Gasteiger partial charge is 0.464 e. The molecule has 0 aliphatic heterocycles. The molecule has 0 aromatic carbocycles. The molecule has 0 aliphatic rings. The monoisotopic (exact) mass is 227 g/mol. The summed E-state index contributed by atoms with van der Waals surface area (Å²) in [6.07, 6.45) is -1.16. The highest BCUT2D eigenvalue weighted by Crippen LogP contribution is 2.18. The lowest BCUT2D eigenvalue weighted by atomic mass is 10.1. The van der Waals surface area contributed by atoms with E-state index in [4.69, 9.17) is 0 Å². The van der Waals surface area contributed by atoms with Crippen LogP contribution < -0.4 is 0 Å². The number of carbonyl (C=O) groups is 2. The average molecular weight is 227 g/mol. The fourth-order valence-electron chi connectivity index (χ4n) is 1.21. The molecular formula is C10H13NO5. The van der Waals surface area contributed by atoms with E-state index >= 15 is 0 Å². The number of hydrogen-bond acceptors (Lipinski definition) is 5. The highest BCUT2D eigenvalue weighted by atomic mass is 16.5. The summed E-state index contributed by atoms with van der Waals surface area (Å²) in [6.45, 7) is 1.72. The van der Waals surface area contributed by atoms with Crippen molar-refractivity contribution < 1.29 is 24.5 Å². The lowest BCUT2D eigenvalue weighted by molar-refractivity contribution is -0.159. The summed E-state index contributed by atoms with van der Waals surface area (Å²) in [7, 11) is 0. The molecule has 0 bridgehead atoms. The molecule has 1 rings (SSSR count). The summed E-state index contributed by atoms with van der Waals surface area (Å²) in [4.78, 5) is 24.1. The second kappa shape index (κ2) is 5.43. The Kier molecular flexibility index (Phi) is 4.21. The lowest BCUT2D eigenvalue weighted by Crippen LogP contribution is -2.29. The number of carbonyl (C=O) groups excluding carboxylic acids is 2. The van der Waals surface area contributed by atoms with Crippen LogP contribution in [0.2, 0.25) is 0 Å². The van der Waals surface area contributed by atoms with Crippen LogP contribution in [0.5, 0.6) is 0 Å². The van der Waals surface area contributed by atoms with E-state index in [1.54, 1.807) is 6.92 Å². The third-order valence-electron chi connectivity index (χ3n) is 2.02. The van der Waals surface area contributed by atoms with Gasteiger partial charge in [-0.1, -0.05) is 0 Å². The molecular weight excluding hydrogens is 214 g/mol. The zero-order valence-corrected chi connectivity index (χ0v) is 8.71. The van der Waals surface area contributed by atoms with Gasteiger partial charge in [0.15, 0.2) is 12.4 Å². The first-order chi connectivity index (χ1) is 7.60. The second-order valence-electron chi connectivity index (χ2n) is 3.15. The maximum absolute atomic E-state index is 11.1. The first kappa shape index (κ1) is 12.4. The first-order valence-electron chi connectivity index (χ1n) is 4.76. The van der Waals surface area contributed by atoms with Gasteiger partial charge in [-0.2, -0.15) is 0 Å². The van der Waals surface area contributed by atoms with Crippen LogP contribution in [0.4, 0.5) is 0 Å². The minimum absolute atomic E-state index is 0.120. The average Bonchev–Trinajstić information content (AvgIpc) is 2.75. The van der Waals surface area contributed by atoms with Gasteiger partial charge in [-0.25, -0.2) is 4.79 Å². The van der Waals surface area contributed by atoms with Crippen LogP contribution in [-0.4, -0.2) is 40.2 Å². The Morgan fingerprint density at radius 1 is 1.62 bits per heavy atom. The predicted molar refractivity (Wildman–Crippen MR) is 53.8 cm³/mol. The van der Waals surface area contributed by atoms with E-state index in [9.17, 15) is 19.8 Å². The van der Waals surface area contributed by atoms with Gasteiger partial charge in [0.05, 0.1) is 12.3 Å². The molecule has 2 atom stereocenters. The lowest BCUT2D eigenvalue weighted by Gasteiger charge is -2.14. The molecule has 0 radical (unpaired) electrons. The van der Waals surface area contributed by atoms with Crippen LogP contribution in [0, 0.1) is 0 Å². The summed E-state index contributed by atoms with van der Waals surface area (Å²) in [5.74, 6) is -0.899. The first-order valence-corrected chi connectivity index (χ1v) is 4.76. The summed E-state index contributed by atoms with van der Waals surface area (Å²) in [6, 6.07) is 1.35. The molecule has 16 heavy (non-hydrogen) atoms. The molecule has 3 N–H and O–H groups in total. The summed E-state index contributed by atoms with van der Waals surface area (Å²) < 4.78 is 4.55. The number of aliphatic hydroxyl groups excluding tert-OH is 2. The maximum Gasteiger partial charge on any atom is 0.338 e. The number of H-pyrrole nitrogens is 1. The van der Waals surface area contributed by atoms with Gasteiger partial charge in [0.25, 0.3) is 0 Å². The van der Waals surface area contributed by atoms with E-state index in [0.29, 0.717) is 6.29 Å². The normalized spacial score (nSPS) is 14.2. The van der Waals surface area contributed by atoms with Crippen LogP contribution in [-0.2, 0) is 9.53 Å². The van der Waals surface area contributed by atoms with Crippen molar-refractivity contribution in [2.24, 2.45) is 0 Å². The Morgan fingerprint density at radius 2 is 2.31 bits per heavy atom. The Hall–Kier alpha value is -1.66. The van der Waals surface area contributed by atoms with Gasteiger partial charge in [0.1, 0.15) is 6.10 Å². The molecule has 1 heterocycles. The highest BCUT2D eigenvalue weighted by molar-refractivity contribution is 5.76. The number of hydrogen-bond donors (Lipinski definition) is 3. The molecule has 2 unspecified atom stereocenters. The fraction of sp³-hybridized carbons (Fsp3) is 0.400. The van der Waals surface area contributed by atoms with E-state index in [2.05, 4.69) is 9.72 Å². The Morgan fingerprint density at radius 3 is 2.81 bits per heavy atom. The van der Waals surface area contributed by atoms with Gasteiger partial charge in [0, 0.05) is 11.8 Å². The molecule has 1 aromatic rings. The molecule has 6 nitrogen and oxygen atoms in total. The number of aldehydes is 1. The maximum atomic E-state index is 11.1. The molecule has 0 saturated carbocycles. The Bertz CT molecular complexity index is 373. The van der Waals surface area contributed by atoms with Crippen molar-refractivity contribution in [3.8, 4) is 0 Å². The fourth-order valence-corrected chi connectivity index (χ4v) is 1.21. The smallest absolute Gasteiger partial charge is 0.338 e. The summed E-state index contributed by atoms with van der Waals surface area (Å²) >= 11 is 0. The van der Waals surface area contributed by atoms with Crippen molar-refractivity contribution >= 4 is 12.3 Å². The van der Waals surface area contributed by atoms with E-state index in [1.807, 2.05) is 0 Å². The van der Waals surface area contributed by atoms with Crippen LogP contribution in [0.1, 0.15) is 29.1 Å². The molecule has 0 fully saturated rings. The third kappa shape index (κ3) is 2.68. The minimum atomic E-state index is -1.66. The van der Waals surface area contributed by atoms with E-state index in [0.717, 1.165) is 0 Å². The van der Waals surface area contributed by atoms with Crippen LogP contribution in [0.3, 0.4) is 0 Å². The van der Waals surface area contributed by atoms with E-state index in [-0.39, 0.29) is 17.9 Å². The number of esters is 1. The molecule has 0 spiro atoms. The molecule has 88 valence electrons. The van der Waals surface area contributed by atoms with Crippen LogP contribution in [0.25, 0.3) is 0 Å². The van der Waals surface area contributed by atoms with Crippen molar-refractivity contribution in [1.29, 1.82) is 0 Å².